The number of H-pyrrole nitrogens is 1. The summed E-state index contributed by atoms with van der Waals surface area (Å²) in [6, 6.07) is 7.50. The monoisotopic (exact) mass is 354 g/mol. The van der Waals surface area contributed by atoms with Gasteiger partial charge in [0.25, 0.3) is 11.5 Å². The Bertz CT molecular complexity index is 1050. The summed E-state index contributed by atoms with van der Waals surface area (Å²) in [6.07, 6.45) is 0. The number of carbonyl (C=O) groups is 1. The topological polar surface area (TPSA) is 80.2 Å². The molecule has 1 amide bonds. The van der Waals surface area contributed by atoms with Crippen molar-refractivity contribution in [1.29, 1.82) is 0 Å². The maximum absolute atomic E-state index is 13.1. The van der Waals surface area contributed by atoms with Gasteiger partial charge in [-0.1, -0.05) is 17.7 Å². The van der Waals surface area contributed by atoms with Crippen LogP contribution in [0.5, 0.6) is 5.75 Å². The highest BCUT2D eigenvalue weighted by Gasteiger charge is 2.21. The molecule has 2 aromatic heterocycles. The predicted molar refractivity (Wildman–Crippen MR) is 99.6 cm³/mol. The van der Waals surface area contributed by atoms with E-state index in [0.717, 1.165) is 16.9 Å². The van der Waals surface area contributed by atoms with Crippen molar-refractivity contribution < 1.29 is 9.53 Å². The van der Waals surface area contributed by atoms with Crippen molar-refractivity contribution in [3.8, 4) is 5.75 Å². The Morgan fingerprint density at radius 2 is 2.04 bits per heavy atom. The Labute approximate surface area is 151 Å². The summed E-state index contributed by atoms with van der Waals surface area (Å²) in [6.45, 7) is 4.17. The molecular formula is C19H22N4O3. The molecule has 26 heavy (non-hydrogen) atoms. The lowest BCUT2D eigenvalue weighted by atomic mass is 10.1. The van der Waals surface area contributed by atoms with Crippen LogP contribution in [0.25, 0.3) is 11.0 Å². The fraction of sp³-hybridized carbons (Fsp3) is 0.316. The third-order valence-electron chi connectivity index (χ3n) is 4.36. The number of aromatic amines is 1. The fourth-order valence-corrected chi connectivity index (χ4v) is 3.12. The normalized spacial score (nSPS) is 11.0. The number of nitrogens with one attached hydrogen (secondary N) is 1. The number of fused-ring (bicyclic) bond motifs is 1. The van der Waals surface area contributed by atoms with E-state index in [-0.39, 0.29) is 11.5 Å². The number of hydrogen-bond acceptors (Lipinski definition) is 4. The van der Waals surface area contributed by atoms with Gasteiger partial charge >= 0.3 is 0 Å². The van der Waals surface area contributed by atoms with Crippen molar-refractivity contribution in [1.82, 2.24) is 19.7 Å². The molecule has 0 saturated carbocycles. The summed E-state index contributed by atoms with van der Waals surface area (Å²) >= 11 is 0. The van der Waals surface area contributed by atoms with Crippen molar-refractivity contribution in [2.75, 3.05) is 14.2 Å². The van der Waals surface area contributed by atoms with E-state index in [2.05, 4.69) is 10.1 Å². The number of hydrogen-bond donors (Lipinski definition) is 1. The molecule has 0 saturated heterocycles. The number of amides is 1. The first-order valence-electron chi connectivity index (χ1n) is 8.27. The van der Waals surface area contributed by atoms with Gasteiger partial charge in [0.05, 0.1) is 18.1 Å². The van der Waals surface area contributed by atoms with Crippen molar-refractivity contribution in [3.63, 3.8) is 0 Å². The molecule has 2 heterocycles. The number of aromatic nitrogens is 3. The van der Waals surface area contributed by atoms with Gasteiger partial charge < -0.3 is 9.64 Å². The molecule has 0 unspecified atom stereocenters. The van der Waals surface area contributed by atoms with Gasteiger partial charge in [0.15, 0.2) is 5.65 Å². The van der Waals surface area contributed by atoms with Gasteiger partial charge in [0.1, 0.15) is 5.75 Å². The van der Waals surface area contributed by atoms with Gasteiger partial charge in [0.2, 0.25) is 0 Å². The molecule has 3 rings (SSSR count). The van der Waals surface area contributed by atoms with Crippen LogP contribution in [-0.4, -0.2) is 39.7 Å². The number of pyridine rings is 1. The first-order chi connectivity index (χ1) is 12.3. The molecule has 136 valence electrons. The number of nitrogens with zero attached hydrogens (tertiary/aromatic N) is 3. The van der Waals surface area contributed by atoms with Crippen LogP contribution in [0.2, 0.25) is 0 Å². The summed E-state index contributed by atoms with van der Waals surface area (Å²) in [5.74, 6) is 0.490. The highest BCUT2D eigenvalue weighted by Crippen LogP contribution is 2.23. The molecule has 1 aromatic carbocycles. The quantitative estimate of drug-likeness (QED) is 0.779. The highest BCUT2D eigenvalue weighted by atomic mass is 16.5. The molecule has 7 heteroatoms. The van der Waals surface area contributed by atoms with Gasteiger partial charge in [-0.05, 0) is 26.0 Å². The van der Waals surface area contributed by atoms with Crippen molar-refractivity contribution in [2.24, 2.45) is 7.05 Å². The average molecular weight is 354 g/mol. The minimum absolute atomic E-state index is 0.235. The number of rotatable bonds is 4. The van der Waals surface area contributed by atoms with Crippen LogP contribution in [0.3, 0.4) is 0 Å². The molecule has 0 fully saturated rings. The smallest absolute Gasteiger partial charge is 0.274 e. The number of aryl methyl sites for hydroxylation is 3. The number of benzene rings is 1. The van der Waals surface area contributed by atoms with E-state index in [4.69, 9.17) is 4.74 Å². The van der Waals surface area contributed by atoms with Crippen LogP contribution >= 0.6 is 0 Å². The Morgan fingerprint density at radius 3 is 2.73 bits per heavy atom. The van der Waals surface area contributed by atoms with E-state index in [1.807, 2.05) is 25.1 Å². The number of carbonyl (C=O) groups excluding carboxylic acids is 1. The van der Waals surface area contributed by atoms with E-state index in [1.165, 1.54) is 4.68 Å². The molecule has 0 aliphatic carbocycles. The van der Waals surface area contributed by atoms with Crippen molar-refractivity contribution >= 4 is 16.9 Å². The lowest BCUT2D eigenvalue weighted by Gasteiger charge is -2.20. The molecule has 0 atom stereocenters. The SMILES string of the molecule is COc1ccc(C)cc1CN(C)C(=O)c1cc(C)nc2c1c(=O)[nH]n2C. The average Bonchev–Trinajstić information content (AvgIpc) is 2.87. The third kappa shape index (κ3) is 3.08. The van der Waals surface area contributed by atoms with E-state index >= 15 is 0 Å². The minimum atomic E-state index is -0.320. The maximum Gasteiger partial charge on any atom is 0.274 e. The zero-order chi connectivity index (χ0) is 19.0. The summed E-state index contributed by atoms with van der Waals surface area (Å²) in [4.78, 5) is 31.3. The zero-order valence-corrected chi connectivity index (χ0v) is 15.6. The highest BCUT2D eigenvalue weighted by molar-refractivity contribution is 6.05. The molecule has 1 N–H and O–H groups in total. The molecule has 0 aliphatic heterocycles. The molecule has 0 spiro atoms. The Balaban J connectivity index is 2.01. The molecule has 7 nitrogen and oxygen atoms in total. The second-order valence-corrected chi connectivity index (χ2v) is 6.49. The number of methoxy groups -OCH3 is 1. The second-order valence-electron chi connectivity index (χ2n) is 6.49. The largest absolute Gasteiger partial charge is 0.496 e. The van der Waals surface area contributed by atoms with Crippen LogP contribution < -0.4 is 10.3 Å². The molecule has 0 aliphatic rings. The fourth-order valence-electron chi connectivity index (χ4n) is 3.12. The van der Waals surface area contributed by atoms with Crippen LogP contribution in [0.15, 0.2) is 29.1 Å². The number of ether oxygens (including phenoxy) is 1. The molecule has 0 bridgehead atoms. The predicted octanol–water partition coefficient (Wildman–Crippen LogP) is 2.16. The van der Waals surface area contributed by atoms with Crippen molar-refractivity contribution in [3.05, 3.63) is 57.0 Å². The third-order valence-corrected chi connectivity index (χ3v) is 4.36. The van der Waals surface area contributed by atoms with Crippen LogP contribution in [0, 0.1) is 13.8 Å². The lowest BCUT2D eigenvalue weighted by Crippen LogP contribution is -2.27. The van der Waals surface area contributed by atoms with Gasteiger partial charge in [-0.25, -0.2) is 4.98 Å². The van der Waals surface area contributed by atoms with E-state index < -0.39 is 0 Å². The molecule has 3 aromatic rings. The van der Waals surface area contributed by atoms with Gasteiger partial charge in [-0.2, -0.15) is 0 Å². The van der Waals surface area contributed by atoms with Crippen LogP contribution in [-0.2, 0) is 13.6 Å². The van der Waals surface area contributed by atoms with E-state index in [1.54, 1.807) is 39.1 Å². The summed E-state index contributed by atoms with van der Waals surface area (Å²) in [7, 11) is 5.02. The van der Waals surface area contributed by atoms with E-state index in [9.17, 15) is 9.59 Å². The molecular weight excluding hydrogens is 332 g/mol. The van der Waals surface area contributed by atoms with Crippen LogP contribution in [0.1, 0.15) is 27.2 Å². The summed E-state index contributed by atoms with van der Waals surface area (Å²) in [5, 5.41) is 2.97. The zero-order valence-electron chi connectivity index (χ0n) is 15.6. The second kappa shape index (κ2) is 6.67. The Kier molecular flexibility index (Phi) is 4.54. The minimum Gasteiger partial charge on any atom is -0.496 e. The van der Waals surface area contributed by atoms with Crippen molar-refractivity contribution in [2.45, 2.75) is 20.4 Å². The Morgan fingerprint density at radius 1 is 1.31 bits per heavy atom. The van der Waals surface area contributed by atoms with E-state index in [0.29, 0.717) is 28.8 Å². The maximum atomic E-state index is 13.1. The first kappa shape index (κ1) is 17.7. The standard InChI is InChI=1S/C19H22N4O3/c1-11-6-7-15(26-5)13(8-11)10-22(3)19(25)14-9-12(2)20-17-16(14)18(24)21-23(17)4/h6-9H,10H2,1-5H3,(H,21,24). The summed E-state index contributed by atoms with van der Waals surface area (Å²) in [5.41, 5.74) is 3.18. The van der Waals surface area contributed by atoms with Gasteiger partial charge in [-0.3, -0.25) is 19.4 Å². The Hall–Kier alpha value is -3.09. The summed E-state index contributed by atoms with van der Waals surface area (Å²) < 4.78 is 6.92. The molecule has 0 radical (unpaired) electrons. The van der Waals surface area contributed by atoms with Crippen LogP contribution in [0.4, 0.5) is 0 Å². The lowest BCUT2D eigenvalue weighted by molar-refractivity contribution is 0.0786. The van der Waals surface area contributed by atoms with Gasteiger partial charge in [0, 0.05) is 31.9 Å². The van der Waals surface area contributed by atoms with Gasteiger partial charge in [-0.15, -0.1) is 0 Å². The first-order valence-corrected chi connectivity index (χ1v) is 8.27.